The van der Waals surface area contributed by atoms with E-state index >= 15 is 0 Å². The molecule has 0 aliphatic heterocycles. The maximum Gasteiger partial charge on any atom is 0.460 e. The van der Waals surface area contributed by atoms with Crippen molar-refractivity contribution < 1.29 is 18.0 Å². The van der Waals surface area contributed by atoms with E-state index in [0.717, 1.165) is 0 Å². The van der Waals surface area contributed by atoms with Crippen molar-refractivity contribution in [3.8, 4) is 0 Å². The summed E-state index contributed by atoms with van der Waals surface area (Å²) >= 11 is 2.51. The highest BCUT2D eigenvalue weighted by atomic mass is 32.1. The van der Waals surface area contributed by atoms with Crippen LogP contribution in [-0.4, -0.2) is 11.3 Å². The van der Waals surface area contributed by atoms with Crippen LogP contribution in [-0.2, 0) is 4.79 Å². The summed E-state index contributed by atoms with van der Waals surface area (Å²) in [4.78, 5) is 9.20. The summed E-state index contributed by atoms with van der Waals surface area (Å²) in [5.74, 6) is 0. The highest BCUT2D eigenvalue weighted by molar-refractivity contribution is 7.96. The normalized spacial score (nSPS) is 11.4. The average molecular weight is 130 g/mol. The van der Waals surface area contributed by atoms with Crippen molar-refractivity contribution in [3.05, 3.63) is 0 Å². The van der Waals surface area contributed by atoms with Crippen LogP contribution in [0.15, 0.2) is 0 Å². The van der Waals surface area contributed by atoms with Crippen molar-refractivity contribution in [2.75, 3.05) is 0 Å². The molecule has 0 aromatic rings. The van der Waals surface area contributed by atoms with Crippen LogP contribution in [0.3, 0.4) is 0 Å². The molecule has 0 fully saturated rings. The number of hydrogen-bond donors (Lipinski definition) is 1. The molecule has 0 saturated carbocycles. The zero-order chi connectivity index (χ0) is 6.08. The molecule has 0 aliphatic rings. The Morgan fingerprint density at radius 3 is 1.57 bits per heavy atom. The Kier molecular flexibility index (Phi) is 1.68. The van der Waals surface area contributed by atoms with Gasteiger partial charge in [-0.2, -0.15) is 13.2 Å². The summed E-state index contributed by atoms with van der Waals surface area (Å²) in [6.07, 6.45) is -4.77. The van der Waals surface area contributed by atoms with Crippen molar-refractivity contribution in [1.29, 1.82) is 0 Å². The van der Waals surface area contributed by atoms with Crippen LogP contribution in [0, 0.1) is 0 Å². The lowest BCUT2D eigenvalue weighted by Crippen LogP contribution is -2.15. The Bertz CT molecular complexity index is 85.4. The van der Waals surface area contributed by atoms with Crippen LogP contribution in [0.25, 0.3) is 0 Å². The fourth-order valence-corrected chi connectivity index (χ4v) is 0. The van der Waals surface area contributed by atoms with E-state index in [0.29, 0.717) is 0 Å². The Balaban J connectivity index is 3.79. The topological polar surface area (TPSA) is 17.1 Å². The average Bonchev–Trinajstić information content (AvgIpc) is 1.31. The lowest BCUT2D eigenvalue weighted by atomic mass is 10.8. The Hall–Kier alpha value is -0.190. The molecule has 0 amide bonds. The van der Waals surface area contributed by atoms with E-state index < -0.39 is 11.3 Å². The largest absolute Gasteiger partial charge is 0.460 e. The van der Waals surface area contributed by atoms with E-state index in [9.17, 15) is 18.0 Å². The molecule has 42 valence electrons. The van der Waals surface area contributed by atoms with Crippen molar-refractivity contribution in [3.63, 3.8) is 0 Å². The third kappa shape index (κ3) is 2.50. The van der Waals surface area contributed by atoms with Gasteiger partial charge >= 0.3 is 6.18 Å². The van der Waals surface area contributed by atoms with E-state index in [2.05, 4.69) is 12.6 Å². The molecule has 0 atom stereocenters. The van der Waals surface area contributed by atoms with E-state index in [-0.39, 0.29) is 0 Å². The van der Waals surface area contributed by atoms with Gasteiger partial charge in [0, 0.05) is 0 Å². The Morgan fingerprint density at radius 2 is 1.57 bits per heavy atom. The van der Waals surface area contributed by atoms with Crippen LogP contribution in [0.1, 0.15) is 0 Å². The number of carbonyl (C=O) groups is 1. The molecule has 0 bridgehead atoms. The van der Waals surface area contributed by atoms with Crippen molar-refractivity contribution in [2.24, 2.45) is 0 Å². The van der Waals surface area contributed by atoms with Crippen LogP contribution in [0.4, 0.5) is 13.2 Å². The van der Waals surface area contributed by atoms with Gasteiger partial charge in [0.15, 0.2) is 0 Å². The minimum atomic E-state index is -4.77. The lowest BCUT2D eigenvalue weighted by Gasteiger charge is -1.94. The predicted octanol–water partition coefficient (Wildman–Crippen LogP) is 1.01. The Morgan fingerprint density at radius 1 is 1.43 bits per heavy atom. The van der Waals surface area contributed by atoms with Gasteiger partial charge in [-0.15, -0.1) is 0 Å². The molecule has 0 aliphatic carbocycles. The van der Waals surface area contributed by atoms with Crippen molar-refractivity contribution in [1.82, 2.24) is 0 Å². The van der Waals surface area contributed by atoms with Crippen LogP contribution in [0.2, 0.25) is 0 Å². The molecule has 0 aromatic heterocycles. The van der Waals surface area contributed by atoms with Gasteiger partial charge in [0.1, 0.15) is 0 Å². The number of rotatable bonds is 0. The van der Waals surface area contributed by atoms with E-state index in [1.54, 1.807) is 0 Å². The minimum Gasteiger partial charge on any atom is -0.277 e. The van der Waals surface area contributed by atoms with Crippen molar-refractivity contribution >= 4 is 17.7 Å². The molecule has 0 unspecified atom stereocenters. The smallest absolute Gasteiger partial charge is 0.277 e. The summed E-state index contributed by atoms with van der Waals surface area (Å²) < 4.78 is 32.3. The highest BCUT2D eigenvalue weighted by Crippen LogP contribution is 2.16. The first-order chi connectivity index (χ1) is 2.94. The Labute approximate surface area is 42.9 Å². The molecule has 0 spiro atoms. The van der Waals surface area contributed by atoms with Gasteiger partial charge in [0.05, 0.1) is 0 Å². The fraction of sp³-hybridized carbons (Fsp3) is 0.500. The minimum absolute atomic E-state index is 2.06. The summed E-state index contributed by atoms with van der Waals surface area (Å²) in [5, 5.41) is -2.06. The number of alkyl halides is 3. The monoisotopic (exact) mass is 130 g/mol. The maximum atomic E-state index is 10.8. The fourth-order valence-electron chi connectivity index (χ4n) is 0. The number of carbonyl (C=O) groups excluding carboxylic acids is 1. The van der Waals surface area contributed by atoms with Crippen molar-refractivity contribution in [2.45, 2.75) is 6.18 Å². The number of hydrogen-bond acceptors (Lipinski definition) is 1. The summed E-state index contributed by atoms with van der Waals surface area (Å²) in [6, 6.07) is 0. The van der Waals surface area contributed by atoms with E-state index in [1.165, 1.54) is 0 Å². The molecule has 0 heterocycles. The molecule has 0 rings (SSSR count). The van der Waals surface area contributed by atoms with Gasteiger partial charge in [0.2, 0.25) is 0 Å². The summed E-state index contributed by atoms with van der Waals surface area (Å²) in [7, 11) is 0. The van der Waals surface area contributed by atoms with Gasteiger partial charge in [-0.1, -0.05) is 12.6 Å². The quantitative estimate of drug-likeness (QED) is 0.484. The SMILES string of the molecule is O=C(S)C(F)(F)F. The molecule has 5 heteroatoms. The molecule has 0 N–H and O–H groups in total. The molecule has 0 aromatic carbocycles. The van der Waals surface area contributed by atoms with Gasteiger partial charge in [0.25, 0.3) is 5.12 Å². The predicted molar refractivity (Wildman–Crippen MR) is 20.0 cm³/mol. The first-order valence-electron chi connectivity index (χ1n) is 1.24. The molecule has 7 heavy (non-hydrogen) atoms. The third-order valence-corrected chi connectivity index (χ3v) is 0.496. The lowest BCUT2D eigenvalue weighted by molar-refractivity contribution is -0.160. The van der Waals surface area contributed by atoms with Crippen LogP contribution < -0.4 is 0 Å². The zero-order valence-corrected chi connectivity index (χ0v) is 3.88. The second-order valence-corrected chi connectivity index (χ2v) is 1.21. The molecule has 0 saturated heterocycles. The molecular formula is C2HF3OS. The van der Waals surface area contributed by atoms with Gasteiger partial charge < -0.3 is 0 Å². The first kappa shape index (κ1) is 6.81. The zero-order valence-electron chi connectivity index (χ0n) is 2.99. The number of halogens is 3. The van der Waals surface area contributed by atoms with Crippen LogP contribution in [0.5, 0.6) is 0 Å². The van der Waals surface area contributed by atoms with Crippen LogP contribution >= 0.6 is 12.6 Å². The highest BCUT2D eigenvalue weighted by Gasteiger charge is 2.35. The van der Waals surface area contributed by atoms with Gasteiger partial charge in [-0.05, 0) is 0 Å². The van der Waals surface area contributed by atoms with E-state index in [4.69, 9.17) is 0 Å². The second-order valence-electron chi connectivity index (χ2n) is 0.803. The second kappa shape index (κ2) is 1.73. The maximum absolute atomic E-state index is 10.8. The van der Waals surface area contributed by atoms with Gasteiger partial charge in [-0.25, -0.2) is 0 Å². The third-order valence-electron chi connectivity index (χ3n) is 0.243. The molecular weight excluding hydrogens is 129 g/mol. The standard InChI is InChI=1S/C2HF3OS/c3-2(4,5)1(6)7/h(H,6,7). The summed E-state index contributed by atoms with van der Waals surface area (Å²) in [6.45, 7) is 0. The summed E-state index contributed by atoms with van der Waals surface area (Å²) in [5.41, 5.74) is 0. The van der Waals surface area contributed by atoms with Gasteiger partial charge in [-0.3, -0.25) is 4.79 Å². The first-order valence-corrected chi connectivity index (χ1v) is 1.69. The number of thiol groups is 1. The van der Waals surface area contributed by atoms with E-state index in [1.807, 2.05) is 0 Å². The molecule has 0 radical (unpaired) electrons. The molecule has 1 nitrogen and oxygen atoms in total.